The average molecular weight is 543 g/mol. The third-order valence-electron chi connectivity index (χ3n) is 5.71. The van der Waals surface area contributed by atoms with E-state index < -0.39 is 11.7 Å². The van der Waals surface area contributed by atoms with Crippen LogP contribution in [0.15, 0.2) is 48.5 Å². The van der Waals surface area contributed by atoms with Crippen molar-refractivity contribution in [1.82, 2.24) is 0 Å². The molecular weight excluding hydrogens is 515 g/mol. The molecule has 0 spiro atoms. The molecule has 2 amide bonds. The fraction of sp³-hybridized carbons (Fsp3) is 0.286. The fourth-order valence-electron chi connectivity index (χ4n) is 4.02. The molecule has 0 bridgehead atoms. The van der Waals surface area contributed by atoms with Crippen LogP contribution in [0, 0.1) is 5.82 Å². The van der Waals surface area contributed by atoms with Crippen LogP contribution in [0.1, 0.15) is 36.7 Å². The Morgan fingerprint density at radius 2 is 1.71 bits per heavy atom. The van der Waals surface area contributed by atoms with Crippen molar-refractivity contribution in [3.05, 3.63) is 70.5 Å². The van der Waals surface area contributed by atoms with E-state index in [2.05, 4.69) is 5.32 Å². The van der Waals surface area contributed by atoms with Gasteiger partial charge in [0.15, 0.2) is 18.1 Å². The lowest BCUT2D eigenvalue weighted by Gasteiger charge is -2.30. The number of hydrogen-bond donors (Lipinski definition) is 1. The van der Waals surface area contributed by atoms with Gasteiger partial charge in [-0.05, 0) is 63.2 Å². The highest BCUT2D eigenvalue weighted by Crippen LogP contribution is 2.40. The molecule has 1 aliphatic heterocycles. The highest BCUT2D eigenvalue weighted by molar-refractivity contribution is 6.31. The zero-order valence-electron chi connectivity index (χ0n) is 21.3. The Hall–Kier alpha value is -3.98. The first kappa shape index (κ1) is 27.1. The SMILES string of the molecule is CCOc1cc(C(=O)Nc2ccc3c(c2)N(Cc2c(F)cccc2Cl)C(=O)CO3)cc(OCC)c1OCC. The van der Waals surface area contributed by atoms with Gasteiger partial charge in [0.1, 0.15) is 11.6 Å². The first-order chi connectivity index (χ1) is 18.4. The van der Waals surface area contributed by atoms with Gasteiger partial charge in [-0.3, -0.25) is 9.59 Å². The van der Waals surface area contributed by atoms with Gasteiger partial charge in [0.2, 0.25) is 5.75 Å². The number of hydrogen-bond acceptors (Lipinski definition) is 6. The second-order valence-electron chi connectivity index (χ2n) is 8.21. The van der Waals surface area contributed by atoms with Gasteiger partial charge >= 0.3 is 0 Å². The molecule has 1 N–H and O–H groups in total. The maximum atomic E-state index is 14.5. The molecule has 1 aliphatic rings. The first-order valence-electron chi connectivity index (χ1n) is 12.2. The third kappa shape index (κ3) is 5.78. The number of ether oxygens (including phenoxy) is 4. The number of anilines is 2. The number of benzene rings is 3. The van der Waals surface area contributed by atoms with E-state index in [1.165, 1.54) is 17.0 Å². The number of halogens is 2. The second-order valence-corrected chi connectivity index (χ2v) is 8.61. The number of rotatable bonds is 10. The molecule has 1 heterocycles. The molecule has 10 heteroatoms. The zero-order valence-corrected chi connectivity index (χ0v) is 22.1. The summed E-state index contributed by atoms with van der Waals surface area (Å²) < 4.78 is 37.1. The van der Waals surface area contributed by atoms with Crippen LogP contribution < -0.4 is 29.2 Å². The van der Waals surface area contributed by atoms with Crippen molar-refractivity contribution in [2.45, 2.75) is 27.3 Å². The fourth-order valence-corrected chi connectivity index (χ4v) is 4.24. The van der Waals surface area contributed by atoms with Crippen molar-refractivity contribution < 1.29 is 32.9 Å². The zero-order chi connectivity index (χ0) is 27.2. The molecular formula is C28H28ClFN2O6. The highest BCUT2D eigenvalue weighted by Gasteiger charge is 2.28. The van der Waals surface area contributed by atoms with E-state index in [0.717, 1.165) is 0 Å². The summed E-state index contributed by atoms with van der Waals surface area (Å²) in [6.07, 6.45) is 0. The van der Waals surface area contributed by atoms with Crippen LogP contribution in [0.3, 0.4) is 0 Å². The summed E-state index contributed by atoms with van der Waals surface area (Å²) in [4.78, 5) is 27.4. The molecule has 8 nitrogen and oxygen atoms in total. The standard InChI is InChI=1S/C28H28ClFN2O6/c1-4-35-24-12-17(13-25(36-5-2)27(24)37-6-3)28(34)31-18-10-11-23-22(14-18)32(26(33)16-38-23)15-19-20(29)8-7-9-21(19)30/h7-14H,4-6,15-16H2,1-3H3,(H,31,34). The molecule has 0 atom stereocenters. The van der Waals surface area contributed by atoms with Crippen molar-refractivity contribution in [2.24, 2.45) is 0 Å². The van der Waals surface area contributed by atoms with Crippen molar-refractivity contribution in [3.63, 3.8) is 0 Å². The minimum Gasteiger partial charge on any atom is -0.490 e. The van der Waals surface area contributed by atoms with E-state index in [0.29, 0.717) is 59.8 Å². The Kier molecular flexibility index (Phi) is 8.58. The molecule has 3 aromatic carbocycles. The van der Waals surface area contributed by atoms with Crippen LogP contribution in [0.2, 0.25) is 5.02 Å². The van der Waals surface area contributed by atoms with Gasteiger partial charge in [-0.25, -0.2) is 4.39 Å². The summed E-state index contributed by atoms with van der Waals surface area (Å²) in [5.41, 5.74) is 1.27. The van der Waals surface area contributed by atoms with Crippen LogP contribution in [-0.4, -0.2) is 38.2 Å². The number of nitrogens with one attached hydrogen (secondary N) is 1. The van der Waals surface area contributed by atoms with Gasteiger partial charge in [-0.2, -0.15) is 0 Å². The lowest BCUT2D eigenvalue weighted by molar-refractivity contribution is -0.121. The molecule has 3 aromatic rings. The van der Waals surface area contributed by atoms with Gasteiger partial charge in [0.05, 0.1) is 32.1 Å². The lowest BCUT2D eigenvalue weighted by Crippen LogP contribution is -2.38. The molecule has 0 unspecified atom stereocenters. The normalized spacial score (nSPS) is 12.4. The topological polar surface area (TPSA) is 86.3 Å². The molecule has 4 rings (SSSR count). The molecule has 38 heavy (non-hydrogen) atoms. The maximum absolute atomic E-state index is 14.5. The van der Waals surface area contributed by atoms with Gasteiger partial charge in [0.25, 0.3) is 11.8 Å². The van der Waals surface area contributed by atoms with E-state index in [4.69, 9.17) is 30.5 Å². The monoisotopic (exact) mass is 542 g/mol. The average Bonchev–Trinajstić information content (AvgIpc) is 2.89. The summed E-state index contributed by atoms with van der Waals surface area (Å²) >= 11 is 6.20. The van der Waals surface area contributed by atoms with Crippen molar-refractivity contribution >= 4 is 34.8 Å². The molecule has 0 saturated heterocycles. The van der Waals surface area contributed by atoms with Crippen molar-refractivity contribution in [2.75, 3.05) is 36.6 Å². The third-order valence-corrected chi connectivity index (χ3v) is 6.06. The van der Waals surface area contributed by atoms with Gasteiger partial charge in [0, 0.05) is 21.8 Å². The van der Waals surface area contributed by atoms with Crippen LogP contribution in [-0.2, 0) is 11.3 Å². The van der Waals surface area contributed by atoms with Crippen molar-refractivity contribution in [3.8, 4) is 23.0 Å². The molecule has 0 radical (unpaired) electrons. The Bertz CT molecular complexity index is 1300. The number of nitrogens with zero attached hydrogens (tertiary/aromatic N) is 1. The maximum Gasteiger partial charge on any atom is 0.265 e. The second kappa shape index (κ2) is 12.0. The summed E-state index contributed by atoms with van der Waals surface area (Å²) in [6, 6.07) is 12.4. The van der Waals surface area contributed by atoms with Crippen molar-refractivity contribution in [1.29, 1.82) is 0 Å². The summed E-state index contributed by atoms with van der Waals surface area (Å²) in [5, 5.41) is 3.05. The molecule has 0 aromatic heterocycles. The quantitative estimate of drug-likeness (QED) is 0.346. The minimum absolute atomic E-state index is 0.0908. The molecule has 0 saturated carbocycles. The Balaban J connectivity index is 1.64. The van der Waals surface area contributed by atoms with E-state index in [1.54, 1.807) is 36.4 Å². The van der Waals surface area contributed by atoms with E-state index in [-0.39, 0.29) is 29.6 Å². The van der Waals surface area contributed by atoms with Crippen LogP contribution in [0.5, 0.6) is 23.0 Å². The van der Waals surface area contributed by atoms with E-state index >= 15 is 0 Å². The lowest BCUT2D eigenvalue weighted by atomic mass is 10.1. The number of amides is 2. The minimum atomic E-state index is -0.520. The summed E-state index contributed by atoms with van der Waals surface area (Å²) in [6.45, 7) is 6.37. The largest absolute Gasteiger partial charge is 0.490 e. The Morgan fingerprint density at radius 3 is 2.34 bits per heavy atom. The smallest absolute Gasteiger partial charge is 0.265 e. The first-order valence-corrected chi connectivity index (χ1v) is 12.6. The van der Waals surface area contributed by atoms with Gasteiger partial charge in [-0.15, -0.1) is 0 Å². The Labute approximate surface area is 225 Å². The molecule has 0 aliphatic carbocycles. The summed E-state index contributed by atoms with van der Waals surface area (Å²) in [5.74, 6) is 0.323. The summed E-state index contributed by atoms with van der Waals surface area (Å²) in [7, 11) is 0. The number of fused-ring (bicyclic) bond motifs is 1. The van der Waals surface area contributed by atoms with E-state index in [9.17, 15) is 14.0 Å². The van der Waals surface area contributed by atoms with Crippen LogP contribution >= 0.6 is 11.6 Å². The van der Waals surface area contributed by atoms with E-state index in [1.807, 2.05) is 20.8 Å². The number of carbonyl (C=O) groups excluding carboxylic acids is 2. The molecule has 0 fully saturated rings. The van der Waals surface area contributed by atoms with Crippen LogP contribution in [0.25, 0.3) is 0 Å². The predicted octanol–water partition coefficient (Wildman–Crippen LogP) is 5.85. The van der Waals surface area contributed by atoms with Gasteiger partial charge in [-0.1, -0.05) is 17.7 Å². The molecule has 200 valence electrons. The predicted molar refractivity (Wildman–Crippen MR) is 142 cm³/mol. The van der Waals surface area contributed by atoms with Crippen LogP contribution in [0.4, 0.5) is 15.8 Å². The Morgan fingerprint density at radius 1 is 1.03 bits per heavy atom. The number of carbonyl (C=O) groups is 2. The highest BCUT2D eigenvalue weighted by atomic mass is 35.5. The van der Waals surface area contributed by atoms with Gasteiger partial charge < -0.3 is 29.2 Å².